The van der Waals surface area contributed by atoms with E-state index < -0.39 is 17.5 Å². The minimum Gasteiger partial charge on any atom is -0.463 e. The Bertz CT molecular complexity index is 1000. The molecule has 1 aromatic carbocycles. The first kappa shape index (κ1) is 18.1. The quantitative estimate of drug-likeness (QED) is 0.811. The number of pyridine rings is 1. The Morgan fingerprint density at radius 3 is 3.00 bits per heavy atom. The van der Waals surface area contributed by atoms with Gasteiger partial charge in [-0.3, -0.25) is 9.78 Å². The summed E-state index contributed by atoms with van der Waals surface area (Å²) in [5.41, 5.74) is 6.40. The SMILES string of the molecule is N#Cc1ccc(C(=O)Cc2ccc(F)c([C@]34CCO[C@H]3COC(N)=N4)c2)nc1. The van der Waals surface area contributed by atoms with Crippen LogP contribution in [0.4, 0.5) is 4.39 Å². The lowest BCUT2D eigenvalue weighted by Crippen LogP contribution is -2.45. The third-order valence-electron chi connectivity index (χ3n) is 5.07. The summed E-state index contributed by atoms with van der Waals surface area (Å²) >= 11 is 0. The van der Waals surface area contributed by atoms with Crippen molar-refractivity contribution < 1.29 is 18.7 Å². The van der Waals surface area contributed by atoms with Crippen LogP contribution in [0, 0.1) is 17.1 Å². The van der Waals surface area contributed by atoms with Crippen LogP contribution in [0.15, 0.2) is 41.5 Å². The van der Waals surface area contributed by atoms with Crippen molar-refractivity contribution in [2.75, 3.05) is 13.2 Å². The van der Waals surface area contributed by atoms with Gasteiger partial charge in [0.2, 0.25) is 0 Å². The van der Waals surface area contributed by atoms with Crippen LogP contribution in [0.3, 0.4) is 0 Å². The van der Waals surface area contributed by atoms with Crippen LogP contribution in [-0.4, -0.2) is 36.1 Å². The number of ether oxygens (including phenoxy) is 2. The van der Waals surface area contributed by atoms with Crippen molar-refractivity contribution in [1.29, 1.82) is 5.26 Å². The number of benzene rings is 1. The van der Waals surface area contributed by atoms with Gasteiger partial charge in [-0.15, -0.1) is 0 Å². The van der Waals surface area contributed by atoms with Crippen LogP contribution >= 0.6 is 0 Å². The number of hydrogen-bond donors (Lipinski definition) is 1. The van der Waals surface area contributed by atoms with Gasteiger partial charge >= 0.3 is 0 Å². The van der Waals surface area contributed by atoms with E-state index in [4.69, 9.17) is 20.5 Å². The molecule has 1 fully saturated rings. The number of Topliss-reactive ketones (excluding diaryl/α,β-unsaturated/α-hetero) is 1. The van der Waals surface area contributed by atoms with E-state index in [0.29, 0.717) is 29.7 Å². The van der Waals surface area contributed by atoms with E-state index in [2.05, 4.69) is 9.98 Å². The van der Waals surface area contributed by atoms with Crippen LogP contribution in [0.5, 0.6) is 0 Å². The molecule has 0 aliphatic carbocycles. The fraction of sp³-hybridized carbons (Fsp3) is 0.300. The van der Waals surface area contributed by atoms with Gasteiger partial charge in [-0.25, -0.2) is 9.38 Å². The highest BCUT2D eigenvalue weighted by Crippen LogP contribution is 2.43. The van der Waals surface area contributed by atoms with E-state index >= 15 is 0 Å². The van der Waals surface area contributed by atoms with Gasteiger partial charge in [-0.05, 0) is 29.8 Å². The summed E-state index contributed by atoms with van der Waals surface area (Å²) in [6.45, 7) is 0.621. The van der Waals surface area contributed by atoms with Gasteiger partial charge in [-0.2, -0.15) is 5.26 Å². The van der Waals surface area contributed by atoms with E-state index in [1.807, 2.05) is 6.07 Å². The summed E-state index contributed by atoms with van der Waals surface area (Å²) < 4.78 is 25.6. The number of aliphatic imine (C=N–C) groups is 1. The summed E-state index contributed by atoms with van der Waals surface area (Å²) in [6.07, 6.45) is 1.44. The molecule has 7 nitrogen and oxygen atoms in total. The van der Waals surface area contributed by atoms with Crippen molar-refractivity contribution in [2.45, 2.75) is 24.5 Å². The number of nitrogens with zero attached hydrogens (tertiary/aromatic N) is 3. The first-order chi connectivity index (χ1) is 13.5. The molecule has 0 unspecified atom stereocenters. The normalized spacial score (nSPS) is 23.3. The summed E-state index contributed by atoms with van der Waals surface area (Å²) in [4.78, 5) is 20.9. The zero-order valence-electron chi connectivity index (χ0n) is 14.9. The van der Waals surface area contributed by atoms with E-state index in [-0.39, 0.29) is 30.5 Å². The number of hydrogen-bond acceptors (Lipinski definition) is 7. The monoisotopic (exact) mass is 380 g/mol. The Kier molecular flexibility index (Phi) is 4.53. The number of nitriles is 1. The molecular weight excluding hydrogens is 363 g/mol. The van der Waals surface area contributed by atoms with E-state index in [0.717, 1.165) is 0 Å². The second-order valence-electron chi connectivity index (χ2n) is 6.75. The Labute approximate surface area is 160 Å². The number of fused-ring (bicyclic) bond motifs is 1. The van der Waals surface area contributed by atoms with Crippen molar-refractivity contribution in [3.05, 3.63) is 64.7 Å². The third-order valence-corrected chi connectivity index (χ3v) is 5.07. The minimum absolute atomic E-state index is 0.00409. The fourth-order valence-electron chi connectivity index (χ4n) is 3.64. The summed E-state index contributed by atoms with van der Waals surface area (Å²) in [5.74, 6) is -0.657. The zero-order valence-corrected chi connectivity index (χ0v) is 14.9. The zero-order chi connectivity index (χ0) is 19.7. The molecule has 0 spiro atoms. The average Bonchev–Trinajstić information content (AvgIpc) is 3.13. The molecule has 28 heavy (non-hydrogen) atoms. The maximum absolute atomic E-state index is 14.7. The second kappa shape index (κ2) is 7.02. The molecule has 2 aliphatic heterocycles. The topological polar surface area (TPSA) is 111 Å². The summed E-state index contributed by atoms with van der Waals surface area (Å²) in [7, 11) is 0. The molecule has 0 radical (unpaired) electrons. The lowest BCUT2D eigenvalue weighted by molar-refractivity contribution is 0.0208. The van der Waals surface area contributed by atoms with Gasteiger partial charge in [0.05, 0.1) is 12.2 Å². The first-order valence-corrected chi connectivity index (χ1v) is 8.80. The highest BCUT2D eigenvalue weighted by atomic mass is 19.1. The number of halogens is 1. The molecule has 2 N–H and O–H groups in total. The Hall–Kier alpha value is -3.31. The lowest BCUT2D eigenvalue weighted by atomic mass is 9.82. The predicted octanol–water partition coefficient (Wildman–Crippen LogP) is 1.85. The molecule has 4 rings (SSSR count). The third kappa shape index (κ3) is 3.10. The second-order valence-corrected chi connectivity index (χ2v) is 6.75. The van der Waals surface area contributed by atoms with Gasteiger partial charge < -0.3 is 15.2 Å². The number of ketones is 1. The molecule has 1 saturated heterocycles. The maximum atomic E-state index is 14.7. The van der Waals surface area contributed by atoms with Gasteiger partial charge in [0.15, 0.2) is 5.78 Å². The van der Waals surface area contributed by atoms with Gasteiger partial charge in [0.25, 0.3) is 6.02 Å². The van der Waals surface area contributed by atoms with Gasteiger partial charge in [0.1, 0.15) is 35.8 Å². The number of carbonyl (C=O) groups is 1. The number of amidine groups is 1. The number of carbonyl (C=O) groups excluding carboxylic acids is 1. The Morgan fingerprint density at radius 1 is 1.39 bits per heavy atom. The van der Waals surface area contributed by atoms with Crippen LogP contribution in [-0.2, 0) is 21.4 Å². The van der Waals surface area contributed by atoms with Crippen molar-refractivity contribution in [1.82, 2.24) is 4.98 Å². The lowest BCUT2D eigenvalue weighted by Gasteiger charge is -2.34. The predicted molar refractivity (Wildman–Crippen MR) is 97.0 cm³/mol. The van der Waals surface area contributed by atoms with E-state index in [1.165, 1.54) is 24.4 Å². The van der Waals surface area contributed by atoms with Gasteiger partial charge in [0, 0.05) is 24.6 Å². The highest BCUT2D eigenvalue weighted by Gasteiger charge is 2.50. The van der Waals surface area contributed by atoms with Crippen LogP contribution in [0.1, 0.15) is 33.6 Å². The smallest absolute Gasteiger partial charge is 0.283 e. The molecule has 142 valence electrons. The van der Waals surface area contributed by atoms with E-state index in [9.17, 15) is 9.18 Å². The van der Waals surface area contributed by atoms with Crippen LogP contribution in [0.25, 0.3) is 0 Å². The molecule has 3 heterocycles. The van der Waals surface area contributed by atoms with Crippen molar-refractivity contribution in [3.8, 4) is 6.07 Å². The fourth-order valence-corrected chi connectivity index (χ4v) is 3.64. The van der Waals surface area contributed by atoms with Gasteiger partial charge in [-0.1, -0.05) is 6.07 Å². The average molecular weight is 380 g/mol. The molecule has 8 heteroatoms. The Morgan fingerprint density at radius 2 is 2.25 bits per heavy atom. The number of aromatic nitrogens is 1. The van der Waals surface area contributed by atoms with E-state index in [1.54, 1.807) is 12.1 Å². The first-order valence-electron chi connectivity index (χ1n) is 8.80. The van der Waals surface area contributed by atoms with Crippen molar-refractivity contribution in [2.24, 2.45) is 10.7 Å². The molecule has 0 saturated carbocycles. The van der Waals surface area contributed by atoms with Crippen molar-refractivity contribution in [3.63, 3.8) is 0 Å². The number of nitrogens with two attached hydrogens (primary N) is 1. The van der Waals surface area contributed by atoms with Crippen LogP contribution in [0.2, 0.25) is 0 Å². The standard InChI is InChI=1S/C20H17FN4O3/c21-15-3-1-12(8-17(26)16-4-2-13(9-22)10-24-16)7-14(15)20-5-6-27-18(20)11-28-19(23)25-20/h1-4,7,10,18H,5-6,8,11H2,(H2,23,25)/t18-,20+/m0/s1. The summed E-state index contributed by atoms with van der Waals surface area (Å²) in [5, 5.41) is 8.83. The largest absolute Gasteiger partial charge is 0.463 e. The molecule has 1 aromatic heterocycles. The summed E-state index contributed by atoms with van der Waals surface area (Å²) in [6, 6.07) is 9.54. The molecular formula is C20H17FN4O3. The molecule has 2 aliphatic rings. The molecule has 0 bridgehead atoms. The number of rotatable bonds is 4. The molecule has 2 aromatic rings. The Balaban J connectivity index is 1.65. The molecule has 2 atom stereocenters. The highest BCUT2D eigenvalue weighted by molar-refractivity contribution is 5.95. The van der Waals surface area contributed by atoms with Crippen LogP contribution < -0.4 is 5.73 Å². The maximum Gasteiger partial charge on any atom is 0.283 e. The minimum atomic E-state index is -0.946. The van der Waals surface area contributed by atoms with Crippen molar-refractivity contribution >= 4 is 11.8 Å². The molecule has 0 amide bonds.